The molecule has 0 aliphatic heterocycles. The third kappa shape index (κ3) is 3.79. The molecule has 0 radical (unpaired) electrons. The average Bonchev–Trinajstić information content (AvgIpc) is 1.61. The van der Waals surface area contributed by atoms with Crippen LogP contribution in [0.2, 0.25) is 0 Å². The molecule has 0 unspecified atom stereocenters. The average molecular weight is 107 g/mol. The molecule has 2 nitrogen and oxygen atoms in total. The summed E-state index contributed by atoms with van der Waals surface area (Å²) in [5, 5.41) is 0. The topological polar surface area (TPSA) is 24.1 Å². The van der Waals surface area contributed by atoms with Gasteiger partial charge in [-0.25, -0.2) is 0 Å². The van der Waals surface area contributed by atoms with E-state index in [0.717, 1.165) is 0 Å². The largest absolute Gasteiger partial charge is 0.315 e. The summed E-state index contributed by atoms with van der Waals surface area (Å²) in [5.41, 5.74) is 2.53. The van der Waals surface area contributed by atoms with Gasteiger partial charge in [0.15, 0.2) is 0 Å². The van der Waals surface area contributed by atoms with E-state index in [1.165, 1.54) is 0 Å². The minimum atomic E-state index is 1.69. The zero-order valence-corrected chi connectivity index (χ0v) is 4.29. The molecule has 0 saturated carbocycles. The standard InChI is InChI=1S/C3H7ClN2/c1-2-3-5-6-4/h2-3,5-6H,1H3. The van der Waals surface area contributed by atoms with E-state index >= 15 is 0 Å². The Morgan fingerprint density at radius 1 is 1.67 bits per heavy atom. The molecule has 0 spiro atoms. The van der Waals surface area contributed by atoms with Gasteiger partial charge in [0, 0.05) is 6.20 Å². The molecule has 0 bridgehead atoms. The van der Waals surface area contributed by atoms with Crippen LogP contribution in [0.4, 0.5) is 0 Å². The smallest absolute Gasteiger partial charge is 0.00950 e. The molecule has 0 aromatic carbocycles. The first-order valence-electron chi connectivity index (χ1n) is 1.64. The van der Waals surface area contributed by atoms with Crippen molar-refractivity contribution in [1.82, 2.24) is 10.4 Å². The Morgan fingerprint density at radius 3 is 2.50 bits per heavy atom. The number of allylic oxidation sites excluding steroid dienone is 1. The maximum absolute atomic E-state index is 4.97. The summed E-state index contributed by atoms with van der Waals surface area (Å²) in [6.45, 7) is 1.89. The highest BCUT2D eigenvalue weighted by Crippen LogP contribution is 1.57. The van der Waals surface area contributed by atoms with Crippen LogP contribution in [0.5, 0.6) is 0 Å². The summed E-state index contributed by atoms with van der Waals surface area (Å²) in [4.78, 5) is 2.20. The molecule has 0 heterocycles. The van der Waals surface area contributed by atoms with E-state index < -0.39 is 0 Å². The minimum absolute atomic E-state index is 1.69. The van der Waals surface area contributed by atoms with Crippen molar-refractivity contribution >= 4 is 11.8 Å². The molecule has 0 fully saturated rings. The Kier molecular flexibility index (Phi) is 4.62. The highest BCUT2D eigenvalue weighted by Gasteiger charge is 1.57. The zero-order chi connectivity index (χ0) is 4.83. The third-order valence-corrected chi connectivity index (χ3v) is 0.414. The Labute approximate surface area is 42.3 Å². The van der Waals surface area contributed by atoms with Crippen LogP contribution in [-0.4, -0.2) is 0 Å². The van der Waals surface area contributed by atoms with Gasteiger partial charge in [-0.15, -0.1) is 4.94 Å². The van der Waals surface area contributed by atoms with Gasteiger partial charge in [0.05, 0.1) is 0 Å². The maximum atomic E-state index is 4.97. The fourth-order valence-electron chi connectivity index (χ4n) is 0.115. The summed E-state index contributed by atoms with van der Waals surface area (Å²) in [7, 11) is 0. The summed E-state index contributed by atoms with van der Waals surface area (Å²) in [6, 6.07) is 0. The lowest BCUT2D eigenvalue weighted by molar-refractivity contribution is 0.860. The minimum Gasteiger partial charge on any atom is -0.315 e. The molecule has 0 aromatic heterocycles. The van der Waals surface area contributed by atoms with Crippen molar-refractivity contribution in [2.75, 3.05) is 0 Å². The third-order valence-electron chi connectivity index (χ3n) is 0.305. The molecule has 2 N–H and O–H groups in total. The van der Waals surface area contributed by atoms with Crippen LogP contribution in [0.15, 0.2) is 12.3 Å². The number of halogens is 1. The summed E-state index contributed by atoms with van der Waals surface area (Å²) < 4.78 is 0. The molecular formula is C3H7ClN2. The van der Waals surface area contributed by atoms with E-state index in [4.69, 9.17) is 11.8 Å². The van der Waals surface area contributed by atoms with Gasteiger partial charge in [0.1, 0.15) is 0 Å². The molecule has 0 aliphatic rings. The number of hydrogen-bond donors (Lipinski definition) is 2. The second-order valence-corrected chi connectivity index (χ2v) is 0.928. The van der Waals surface area contributed by atoms with Gasteiger partial charge < -0.3 is 5.43 Å². The molecule has 3 heteroatoms. The summed E-state index contributed by atoms with van der Waals surface area (Å²) in [5.74, 6) is 0. The normalized spacial score (nSPS) is 9.67. The van der Waals surface area contributed by atoms with Crippen LogP contribution < -0.4 is 10.4 Å². The Hall–Kier alpha value is -0.210. The molecule has 0 rings (SSSR count). The lowest BCUT2D eigenvalue weighted by Gasteiger charge is -1.86. The van der Waals surface area contributed by atoms with Crippen molar-refractivity contribution in [3.05, 3.63) is 12.3 Å². The Balaban J connectivity index is 2.66. The molecular weight excluding hydrogens is 99.5 g/mol. The molecule has 0 aliphatic carbocycles. The van der Waals surface area contributed by atoms with E-state index in [1.807, 2.05) is 13.0 Å². The van der Waals surface area contributed by atoms with Crippen molar-refractivity contribution in [2.24, 2.45) is 0 Å². The van der Waals surface area contributed by atoms with Crippen LogP contribution in [-0.2, 0) is 0 Å². The predicted octanol–water partition coefficient (Wildman–Crippen LogP) is 0.768. The van der Waals surface area contributed by atoms with Gasteiger partial charge in [-0.2, -0.15) is 0 Å². The number of hydrogen-bond acceptors (Lipinski definition) is 2. The maximum Gasteiger partial charge on any atom is 0.00950 e. The number of hydrazine groups is 1. The van der Waals surface area contributed by atoms with E-state index in [2.05, 4.69) is 10.4 Å². The predicted molar refractivity (Wildman–Crippen MR) is 26.9 cm³/mol. The first-order valence-corrected chi connectivity index (χ1v) is 2.02. The molecule has 0 atom stereocenters. The quantitative estimate of drug-likeness (QED) is 0.401. The van der Waals surface area contributed by atoms with Crippen LogP contribution in [0, 0.1) is 0 Å². The second kappa shape index (κ2) is 4.79. The van der Waals surface area contributed by atoms with Gasteiger partial charge >= 0.3 is 0 Å². The van der Waals surface area contributed by atoms with Crippen molar-refractivity contribution < 1.29 is 0 Å². The monoisotopic (exact) mass is 106 g/mol. The second-order valence-electron chi connectivity index (χ2n) is 0.739. The summed E-state index contributed by atoms with van der Waals surface area (Å²) >= 11 is 4.97. The van der Waals surface area contributed by atoms with Crippen LogP contribution in [0.1, 0.15) is 6.92 Å². The fraction of sp³-hybridized carbons (Fsp3) is 0.333. The molecule has 6 heavy (non-hydrogen) atoms. The number of rotatable bonds is 2. The zero-order valence-electron chi connectivity index (χ0n) is 3.53. The van der Waals surface area contributed by atoms with Gasteiger partial charge in [-0.3, -0.25) is 0 Å². The first kappa shape index (κ1) is 5.79. The molecule has 0 aromatic rings. The number of nitrogens with one attached hydrogen (secondary N) is 2. The van der Waals surface area contributed by atoms with Gasteiger partial charge in [0.25, 0.3) is 0 Å². The van der Waals surface area contributed by atoms with Crippen molar-refractivity contribution in [2.45, 2.75) is 6.92 Å². The van der Waals surface area contributed by atoms with E-state index in [-0.39, 0.29) is 0 Å². The Morgan fingerprint density at radius 2 is 2.33 bits per heavy atom. The van der Waals surface area contributed by atoms with Crippen molar-refractivity contribution in [3.63, 3.8) is 0 Å². The van der Waals surface area contributed by atoms with E-state index in [1.54, 1.807) is 6.20 Å². The molecule has 36 valence electrons. The highest BCUT2D eigenvalue weighted by atomic mass is 35.5. The van der Waals surface area contributed by atoms with Gasteiger partial charge in [-0.1, -0.05) is 6.08 Å². The fourth-order valence-corrected chi connectivity index (χ4v) is 0.178. The van der Waals surface area contributed by atoms with E-state index in [0.29, 0.717) is 0 Å². The first-order chi connectivity index (χ1) is 2.91. The Bertz CT molecular complexity index is 44.1. The van der Waals surface area contributed by atoms with Crippen LogP contribution in [0.25, 0.3) is 0 Å². The van der Waals surface area contributed by atoms with Crippen molar-refractivity contribution in [3.8, 4) is 0 Å². The highest BCUT2D eigenvalue weighted by molar-refractivity contribution is 6.13. The van der Waals surface area contributed by atoms with Crippen LogP contribution >= 0.6 is 11.8 Å². The SMILES string of the molecule is CC=CNNCl. The van der Waals surface area contributed by atoms with Crippen molar-refractivity contribution in [1.29, 1.82) is 0 Å². The molecule has 0 saturated heterocycles. The lowest BCUT2D eigenvalue weighted by atomic mass is 10.7. The molecule has 0 amide bonds. The van der Waals surface area contributed by atoms with Crippen LogP contribution in [0.3, 0.4) is 0 Å². The van der Waals surface area contributed by atoms with Gasteiger partial charge in [-0.05, 0) is 18.7 Å². The summed E-state index contributed by atoms with van der Waals surface area (Å²) in [6.07, 6.45) is 3.52. The lowest BCUT2D eigenvalue weighted by Crippen LogP contribution is -2.14. The van der Waals surface area contributed by atoms with E-state index in [9.17, 15) is 0 Å². The van der Waals surface area contributed by atoms with Gasteiger partial charge in [0.2, 0.25) is 0 Å².